The van der Waals surface area contributed by atoms with Gasteiger partial charge in [-0.2, -0.15) is 0 Å². The Morgan fingerprint density at radius 3 is 2.35 bits per heavy atom. The molecule has 0 bridgehead atoms. The van der Waals surface area contributed by atoms with Gasteiger partial charge in [-0.3, -0.25) is 0 Å². The quantitative estimate of drug-likeness (QED) is 0.461. The first-order valence-electron chi connectivity index (χ1n) is 7.23. The van der Waals surface area contributed by atoms with Crippen LogP contribution in [0, 0.1) is 0 Å². The summed E-state index contributed by atoms with van der Waals surface area (Å²) in [5, 5.41) is 10.9. The van der Waals surface area contributed by atoms with Crippen LogP contribution in [0.15, 0.2) is 15.6 Å². The summed E-state index contributed by atoms with van der Waals surface area (Å²) in [5.74, 6) is 2.15. The van der Waals surface area contributed by atoms with E-state index in [9.17, 15) is 0 Å². The maximum atomic E-state index is 5.30. The second-order valence-electron chi connectivity index (χ2n) is 5.87. The third-order valence-electron chi connectivity index (χ3n) is 3.40. The molecule has 0 unspecified atom stereocenters. The van der Waals surface area contributed by atoms with Crippen LogP contribution in [-0.2, 0) is 6.54 Å². The highest BCUT2D eigenvalue weighted by atomic mass is 127. The highest BCUT2D eigenvalue weighted by Gasteiger charge is 2.26. The van der Waals surface area contributed by atoms with E-state index in [-0.39, 0.29) is 24.0 Å². The van der Waals surface area contributed by atoms with Gasteiger partial charge in [0.2, 0.25) is 0 Å². The number of guanidine groups is 1. The lowest BCUT2D eigenvalue weighted by Gasteiger charge is -2.10. The standard InChI is InChI=1S/C14H22N4O.HI/c1-9(2)13-7-12(19-18-13)8-15-14(16-10-3-4-10)17-11-5-6-11;/h7,9-11H,3-6,8H2,1-2H3,(H2,15,16,17);1H. The van der Waals surface area contributed by atoms with Gasteiger partial charge >= 0.3 is 0 Å². The van der Waals surface area contributed by atoms with E-state index in [0.717, 1.165) is 17.4 Å². The van der Waals surface area contributed by atoms with Gasteiger partial charge in [0.15, 0.2) is 11.7 Å². The van der Waals surface area contributed by atoms with Gasteiger partial charge in [0.05, 0.1) is 5.69 Å². The number of hydrogen-bond acceptors (Lipinski definition) is 3. The third kappa shape index (κ3) is 4.64. The molecule has 0 aromatic carbocycles. The van der Waals surface area contributed by atoms with Crippen molar-refractivity contribution in [3.05, 3.63) is 17.5 Å². The zero-order chi connectivity index (χ0) is 13.2. The highest BCUT2D eigenvalue weighted by Crippen LogP contribution is 2.21. The van der Waals surface area contributed by atoms with Crippen molar-refractivity contribution in [1.29, 1.82) is 0 Å². The Hall–Kier alpha value is -0.790. The third-order valence-corrected chi connectivity index (χ3v) is 3.40. The second kappa shape index (κ2) is 6.78. The van der Waals surface area contributed by atoms with E-state index >= 15 is 0 Å². The number of halogens is 1. The molecule has 0 radical (unpaired) electrons. The van der Waals surface area contributed by atoms with Crippen LogP contribution < -0.4 is 10.6 Å². The molecule has 0 saturated heterocycles. The minimum Gasteiger partial charge on any atom is -0.359 e. The Kier molecular flexibility index (Phi) is 5.29. The van der Waals surface area contributed by atoms with Crippen molar-refractivity contribution in [3.63, 3.8) is 0 Å². The molecule has 20 heavy (non-hydrogen) atoms. The second-order valence-corrected chi connectivity index (χ2v) is 5.87. The Morgan fingerprint density at radius 1 is 1.30 bits per heavy atom. The molecule has 1 aromatic rings. The molecule has 2 aliphatic carbocycles. The number of rotatable bonds is 5. The predicted octanol–water partition coefficient (Wildman–Crippen LogP) is 2.78. The monoisotopic (exact) mass is 390 g/mol. The summed E-state index contributed by atoms with van der Waals surface area (Å²) >= 11 is 0. The van der Waals surface area contributed by atoms with Crippen molar-refractivity contribution >= 4 is 29.9 Å². The van der Waals surface area contributed by atoms with Crippen molar-refractivity contribution < 1.29 is 4.52 Å². The molecule has 112 valence electrons. The minimum atomic E-state index is 0. The minimum absolute atomic E-state index is 0. The van der Waals surface area contributed by atoms with Gasteiger partial charge in [-0.05, 0) is 31.6 Å². The average molecular weight is 390 g/mol. The molecule has 1 aromatic heterocycles. The summed E-state index contributed by atoms with van der Waals surface area (Å²) in [6, 6.07) is 3.23. The fourth-order valence-corrected chi connectivity index (χ4v) is 1.81. The Bertz CT molecular complexity index is 447. The van der Waals surface area contributed by atoms with Crippen molar-refractivity contribution in [2.75, 3.05) is 0 Å². The lowest BCUT2D eigenvalue weighted by molar-refractivity contribution is 0.376. The molecular formula is C14H23IN4O. The van der Waals surface area contributed by atoms with Gasteiger partial charge in [0.1, 0.15) is 6.54 Å². The van der Waals surface area contributed by atoms with Gasteiger partial charge in [0.25, 0.3) is 0 Å². The van der Waals surface area contributed by atoms with E-state index in [1.165, 1.54) is 25.7 Å². The first kappa shape index (κ1) is 15.6. The lowest BCUT2D eigenvalue weighted by Crippen LogP contribution is -2.39. The van der Waals surface area contributed by atoms with Crippen LogP contribution in [0.1, 0.15) is 56.9 Å². The number of nitrogens with one attached hydrogen (secondary N) is 2. The van der Waals surface area contributed by atoms with Crippen LogP contribution in [0.3, 0.4) is 0 Å². The number of nitrogens with zero attached hydrogens (tertiary/aromatic N) is 2. The molecule has 2 N–H and O–H groups in total. The molecule has 0 amide bonds. The molecule has 0 atom stereocenters. The number of aromatic nitrogens is 1. The topological polar surface area (TPSA) is 62.5 Å². The fraction of sp³-hybridized carbons (Fsp3) is 0.714. The Balaban J connectivity index is 0.00000147. The van der Waals surface area contributed by atoms with Crippen LogP contribution in [0.2, 0.25) is 0 Å². The zero-order valence-electron chi connectivity index (χ0n) is 12.1. The molecular weight excluding hydrogens is 367 g/mol. The zero-order valence-corrected chi connectivity index (χ0v) is 14.4. The van der Waals surface area contributed by atoms with E-state index in [2.05, 4.69) is 34.6 Å². The maximum Gasteiger partial charge on any atom is 0.192 e. The van der Waals surface area contributed by atoms with E-state index < -0.39 is 0 Å². The van der Waals surface area contributed by atoms with Gasteiger partial charge in [0, 0.05) is 18.2 Å². The summed E-state index contributed by atoms with van der Waals surface area (Å²) in [7, 11) is 0. The van der Waals surface area contributed by atoms with E-state index in [0.29, 0.717) is 24.5 Å². The van der Waals surface area contributed by atoms with Gasteiger partial charge in [-0.1, -0.05) is 19.0 Å². The summed E-state index contributed by atoms with van der Waals surface area (Å²) in [5.41, 5.74) is 0.997. The first-order valence-corrected chi connectivity index (χ1v) is 7.23. The Labute approximate surface area is 137 Å². The van der Waals surface area contributed by atoms with Crippen LogP contribution in [0.25, 0.3) is 0 Å². The van der Waals surface area contributed by atoms with Gasteiger partial charge in [-0.15, -0.1) is 24.0 Å². The first-order chi connectivity index (χ1) is 9.20. The summed E-state index contributed by atoms with van der Waals surface area (Å²) in [6.07, 6.45) is 5.02. The smallest absolute Gasteiger partial charge is 0.192 e. The lowest BCUT2D eigenvalue weighted by atomic mass is 10.1. The molecule has 0 aliphatic heterocycles. The molecule has 3 rings (SSSR count). The molecule has 2 saturated carbocycles. The van der Waals surface area contributed by atoms with Crippen molar-refractivity contribution in [1.82, 2.24) is 15.8 Å². The van der Waals surface area contributed by atoms with E-state index in [1.807, 2.05) is 6.07 Å². The largest absolute Gasteiger partial charge is 0.359 e. The molecule has 0 spiro atoms. The molecule has 5 nitrogen and oxygen atoms in total. The molecule has 6 heteroatoms. The summed E-state index contributed by atoms with van der Waals surface area (Å²) in [4.78, 5) is 4.59. The maximum absolute atomic E-state index is 5.30. The SMILES string of the molecule is CC(C)c1cc(CN=C(NC2CC2)NC2CC2)on1.I. The fourth-order valence-electron chi connectivity index (χ4n) is 1.81. The van der Waals surface area contributed by atoms with Crippen molar-refractivity contribution in [2.24, 2.45) is 4.99 Å². The normalized spacial score (nSPS) is 17.6. The number of hydrogen-bond donors (Lipinski definition) is 2. The number of aliphatic imine (C=N–C) groups is 1. The molecule has 2 fully saturated rings. The molecule has 1 heterocycles. The summed E-state index contributed by atoms with van der Waals surface area (Å²) < 4.78 is 5.30. The van der Waals surface area contributed by atoms with Gasteiger partial charge < -0.3 is 15.2 Å². The van der Waals surface area contributed by atoms with Crippen LogP contribution in [0.4, 0.5) is 0 Å². The average Bonchev–Trinajstić information content (AvgIpc) is 3.29. The van der Waals surface area contributed by atoms with Crippen LogP contribution in [-0.4, -0.2) is 23.2 Å². The van der Waals surface area contributed by atoms with Crippen LogP contribution >= 0.6 is 24.0 Å². The van der Waals surface area contributed by atoms with Crippen molar-refractivity contribution in [2.45, 2.75) is 64.1 Å². The Morgan fingerprint density at radius 2 is 1.90 bits per heavy atom. The molecule has 2 aliphatic rings. The van der Waals surface area contributed by atoms with Gasteiger partial charge in [-0.25, -0.2) is 4.99 Å². The van der Waals surface area contributed by atoms with Crippen LogP contribution in [0.5, 0.6) is 0 Å². The van der Waals surface area contributed by atoms with E-state index in [4.69, 9.17) is 4.52 Å². The highest BCUT2D eigenvalue weighted by molar-refractivity contribution is 14.0. The van der Waals surface area contributed by atoms with Crippen molar-refractivity contribution in [3.8, 4) is 0 Å². The summed E-state index contributed by atoms with van der Waals surface area (Å²) in [6.45, 7) is 4.77. The van der Waals surface area contributed by atoms with E-state index in [1.54, 1.807) is 0 Å². The predicted molar refractivity (Wildman–Crippen MR) is 89.5 cm³/mol.